The summed E-state index contributed by atoms with van der Waals surface area (Å²) in [4.78, 5) is 12.6. The Labute approximate surface area is 159 Å². The Morgan fingerprint density at radius 2 is 2.11 bits per heavy atom. The van der Waals surface area contributed by atoms with Crippen LogP contribution in [0.5, 0.6) is 11.5 Å². The van der Waals surface area contributed by atoms with Crippen LogP contribution in [0.1, 0.15) is 17.5 Å². The van der Waals surface area contributed by atoms with E-state index in [0.717, 1.165) is 24.2 Å². The molecule has 0 aliphatic carbocycles. The van der Waals surface area contributed by atoms with Crippen molar-refractivity contribution in [3.63, 3.8) is 0 Å². The second kappa shape index (κ2) is 8.60. The first-order valence-electron chi connectivity index (χ1n) is 8.95. The number of methoxy groups -OCH3 is 1. The molecule has 6 heteroatoms. The number of nitrogens with two attached hydrogens (primary N) is 1. The van der Waals surface area contributed by atoms with Crippen LogP contribution in [0.2, 0.25) is 0 Å². The van der Waals surface area contributed by atoms with Crippen LogP contribution >= 0.6 is 0 Å². The second-order valence-electron chi connectivity index (χ2n) is 6.46. The number of hydrogen-bond donors (Lipinski definition) is 3. The van der Waals surface area contributed by atoms with Gasteiger partial charge < -0.3 is 25.8 Å². The van der Waals surface area contributed by atoms with Gasteiger partial charge in [0.05, 0.1) is 12.8 Å². The highest BCUT2D eigenvalue weighted by atomic mass is 16.5. The van der Waals surface area contributed by atoms with Gasteiger partial charge in [-0.25, -0.2) is 0 Å². The average molecular weight is 367 g/mol. The topological polar surface area (TPSA) is 85.6 Å². The fourth-order valence-electron chi connectivity index (χ4n) is 3.07. The van der Waals surface area contributed by atoms with Crippen LogP contribution in [0.25, 0.3) is 0 Å². The molecule has 0 aromatic heterocycles. The van der Waals surface area contributed by atoms with E-state index in [-0.39, 0.29) is 5.91 Å². The Bertz CT molecular complexity index is 835. The number of anilines is 2. The first kappa shape index (κ1) is 18.8. The standard InChI is InChI=1S/C21H25N3O3/c1-3-18-21(25)24-20-17(22)7-4-8-19(20)27-13-15-10-14(6-5-9-23-18)11-16(12-15)26-2/h3-4,7-8,10-12,18,23H,1,5-6,9,13,22H2,2H3,(H,24,25). The molecule has 2 bridgehead atoms. The van der Waals surface area contributed by atoms with Crippen molar-refractivity contribution < 1.29 is 14.3 Å². The van der Waals surface area contributed by atoms with Gasteiger partial charge in [0, 0.05) is 0 Å². The quantitative estimate of drug-likeness (QED) is 0.561. The fourth-order valence-corrected chi connectivity index (χ4v) is 3.07. The zero-order chi connectivity index (χ0) is 19.2. The molecule has 0 spiro atoms. The van der Waals surface area contributed by atoms with Crippen molar-refractivity contribution in [3.8, 4) is 11.5 Å². The molecule has 1 atom stereocenters. The number of nitrogen functional groups attached to an aromatic ring is 1. The predicted octanol–water partition coefficient (Wildman–Crippen LogP) is 2.89. The zero-order valence-corrected chi connectivity index (χ0v) is 15.5. The maximum Gasteiger partial charge on any atom is 0.245 e. The lowest BCUT2D eigenvalue weighted by molar-refractivity contribution is -0.117. The summed E-state index contributed by atoms with van der Waals surface area (Å²) in [7, 11) is 1.66. The average Bonchev–Trinajstić information content (AvgIpc) is 2.67. The van der Waals surface area contributed by atoms with E-state index in [4.69, 9.17) is 15.2 Å². The predicted molar refractivity (Wildman–Crippen MR) is 107 cm³/mol. The minimum Gasteiger partial charge on any atom is -0.497 e. The largest absolute Gasteiger partial charge is 0.497 e. The van der Waals surface area contributed by atoms with Crippen LogP contribution in [0.15, 0.2) is 49.1 Å². The maximum atomic E-state index is 12.6. The lowest BCUT2D eigenvalue weighted by Crippen LogP contribution is -2.39. The SMILES string of the molecule is C=CC1NCCCc2cc(cc(OC)c2)COc2cccc(N)c2NC1=O. The van der Waals surface area contributed by atoms with Crippen LogP contribution < -0.4 is 25.8 Å². The number of aryl methyl sites for hydroxylation is 1. The molecule has 2 aromatic rings. The molecule has 1 unspecified atom stereocenters. The minimum atomic E-state index is -0.513. The highest BCUT2D eigenvalue weighted by molar-refractivity contribution is 6.00. The van der Waals surface area contributed by atoms with Gasteiger partial charge in [0.15, 0.2) is 0 Å². The zero-order valence-electron chi connectivity index (χ0n) is 15.5. The van der Waals surface area contributed by atoms with Gasteiger partial charge in [-0.15, -0.1) is 6.58 Å². The van der Waals surface area contributed by atoms with Crippen molar-refractivity contribution in [1.29, 1.82) is 0 Å². The van der Waals surface area contributed by atoms with Crippen molar-refractivity contribution in [2.75, 3.05) is 24.7 Å². The molecular weight excluding hydrogens is 342 g/mol. The molecule has 3 rings (SSSR count). The third-order valence-electron chi connectivity index (χ3n) is 4.49. The Morgan fingerprint density at radius 3 is 2.89 bits per heavy atom. The summed E-state index contributed by atoms with van der Waals surface area (Å²) < 4.78 is 11.4. The molecule has 2 aromatic carbocycles. The minimum absolute atomic E-state index is 0.218. The number of nitrogens with one attached hydrogen (secondary N) is 2. The number of rotatable bonds is 2. The Kier molecular flexibility index (Phi) is 5.98. The Balaban J connectivity index is 1.96. The first-order valence-corrected chi connectivity index (χ1v) is 8.95. The molecule has 1 aliphatic rings. The van der Waals surface area contributed by atoms with E-state index in [1.165, 1.54) is 5.56 Å². The second-order valence-corrected chi connectivity index (χ2v) is 6.46. The number of carbonyl (C=O) groups excluding carboxylic acids is 1. The molecule has 0 saturated heterocycles. The molecule has 0 fully saturated rings. The van der Waals surface area contributed by atoms with Crippen LogP contribution in [0.4, 0.5) is 11.4 Å². The smallest absolute Gasteiger partial charge is 0.245 e. The third-order valence-corrected chi connectivity index (χ3v) is 4.49. The van der Waals surface area contributed by atoms with Crippen LogP contribution in [0, 0.1) is 0 Å². The monoisotopic (exact) mass is 367 g/mol. The normalized spacial score (nSPS) is 17.7. The van der Waals surface area contributed by atoms with E-state index >= 15 is 0 Å². The molecule has 0 radical (unpaired) electrons. The molecule has 1 amide bonds. The van der Waals surface area contributed by atoms with E-state index in [2.05, 4.69) is 23.3 Å². The summed E-state index contributed by atoms with van der Waals surface area (Å²) in [5.74, 6) is 1.11. The van der Waals surface area contributed by atoms with Crippen LogP contribution in [-0.4, -0.2) is 25.6 Å². The van der Waals surface area contributed by atoms with Crippen molar-refractivity contribution in [3.05, 3.63) is 60.2 Å². The van der Waals surface area contributed by atoms with Gasteiger partial charge in [-0.2, -0.15) is 0 Å². The van der Waals surface area contributed by atoms with Crippen molar-refractivity contribution in [1.82, 2.24) is 5.32 Å². The molecule has 0 saturated carbocycles. The summed E-state index contributed by atoms with van der Waals surface area (Å²) in [6, 6.07) is 10.9. The Morgan fingerprint density at radius 1 is 1.30 bits per heavy atom. The number of ether oxygens (including phenoxy) is 2. The van der Waals surface area contributed by atoms with Crippen molar-refractivity contribution in [2.24, 2.45) is 0 Å². The fraction of sp³-hybridized carbons (Fsp3) is 0.286. The van der Waals surface area contributed by atoms with E-state index < -0.39 is 6.04 Å². The summed E-state index contributed by atoms with van der Waals surface area (Å²) in [5.41, 5.74) is 9.15. The lowest BCUT2D eigenvalue weighted by atomic mass is 10.1. The summed E-state index contributed by atoms with van der Waals surface area (Å²) >= 11 is 0. The molecule has 27 heavy (non-hydrogen) atoms. The van der Waals surface area contributed by atoms with Gasteiger partial charge in [-0.1, -0.05) is 18.2 Å². The molecule has 1 aliphatic heterocycles. The van der Waals surface area contributed by atoms with Gasteiger partial charge in [0.25, 0.3) is 0 Å². The molecule has 6 nitrogen and oxygen atoms in total. The number of para-hydroxylation sites is 1. The van der Waals surface area contributed by atoms with Gasteiger partial charge in [0.1, 0.15) is 29.8 Å². The van der Waals surface area contributed by atoms with E-state index in [1.807, 2.05) is 12.1 Å². The number of amides is 1. The number of hydrogen-bond acceptors (Lipinski definition) is 5. The number of fused-ring (bicyclic) bond motifs is 3. The highest BCUT2D eigenvalue weighted by Gasteiger charge is 2.18. The van der Waals surface area contributed by atoms with Gasteiger partial charge in [-0.05, 0) is 54.8 Å². The van der Waals surface area contributed by atoms with Crippen LogP contribution in [-0.2, 0) is 17.8 Å². The molecule has 4 N–H and O–H groups in total. The van der Waals surface area contributed by atoms with Crippen LogP contribution in [0.3, 0.4) is 0 Å². The third kappa shape index (κ3) is 4.60. The summed E-state index contributed by atoms with van der Waals surface area (Å²) in [6.45, 7) is 4.79. The van der Waals surface area contributed by atoms with Gasteiger partial charge in [-0.3, -0.25) is 4.79 Å². The summed E-state index contributed by atoms with van der Waals surface area (Å²) in [5, 5.41) is 6.08. The van der Waals surface area contributed by atoms with Crippen molar-refractivity contribution in [2.45, 2.75) is 25.5 Å². The first-order chi connectivity index (χ1) is 13.1. The van der Waals surface area contributed by atoms with E-state index in [9.17, 15) is 4.79 Å². The van der Waals surface area contributed by atoms with E-state index in [1.54, 1.807) is 31.4 Å². The maximum absolute atomic E-state index is 12.6. The Hall–Kier alpha value is -2.99. The van der Waals surface area contributed by atoms with Crippen molar-refractivity contribution >= 4 is 17.3 Å². The molecular formula is C21H25N3O3. The highest BCUT2D eigenvalue weighted by Crippen LogP contribution is 2.32. The molecule has 1 heterocycles. The number of benzene rings is 2. The van der Waals surface area contributed by atoms with E-state index in [0.29, 0.717) is 30.3 Å². The lowest BCUT2D eigenvalue weighted by Gasteiger charge is -2.19. The van der Waals surface area contributed by atoms with Gasteiger partial charge >= 0.3 is 0 Å². The summed E-state index contributed by atoms with van der Waals surface area (Å²) in [6.07, 6.45) is 3.33. The number of carbonyl (C=O) groups is 1. The molecule has 142 valence electrons. The van der Waals surface area contributed by atoms with Gasteiger partial charge in [0.2, 0.25) is 5.91 Å².